The van der Waals surface area contributed by atoms with E-state index in [-0.39, 0.29) is 0 Å². The molecule has 76 valence electrons. The Balaban J connectivity index is 2.07. The zero-order chi connectivity index (χ0) is 10.1. The van der Waals surface area contributed by atoms with Gasteiger partial charge in [0.2, 0.25) is 0 Å². The predicted molar refractivity (Wildman–Crippen MR) is 63.6 cm³/mol. The minimum Gasteiger partial charge on any atom is -0.361 e. The maximum absolute atomic E-state index is 4.28. The number of nitrogens with one attached hydrogen (secondary N) is 1. The largest absolute Gasteiger partial charge is 0.361 e. The smallest absolute Gasteiger partial charge is 0.0456 e. The summed E-state index contributed by atoms with van der Waals surface area (Å²) in [5.41, 5.74) is 2.70. The molecule has 2 heterocycles. The zero-order valence-electron chi connectivity index (χ0n) is 8.61. The van der Waals surface area contributed by atoms with Crippen molar-refractivity contribution in [3.63, 3.8) is 0 Å². The summed E-state index contributed by atoms with van der Waals surface area (Å²) in [6, 6.07) is 8.52. The van der Waals surface area contributed by atoms with Gasteiger partial charge in [-0.15, -0.1) is 0 Å². The lowest BCUT2D eigenvalue weighted by atomic mass is 9.91. The van der Waals surface area contributed by atoms with Gasteiger partial charge in [0.1, 0.15) is 0 Å². The van der Waals surface area contributed by atoms with Gasteiger partial charge in [-0.25, -0.2) is 0 Å². The van der Waals surface area contributed by atoms with Gasteiger partial charge in [0, 0.05) is 23.6 Å². The first kappa shape index (κ1) is 8.72. The molecule has 15 heavy (non-hydrogen) atoms. The minimum absolute atomic E-state index is 0.652. The number of para-hydroxylation sites is 1. The number of aliphatic imine (C=N–C) groups is 1. The first-order chi connectivity index (χ1) is 7.45. The van der Waals surface area contributed by atoms with Gasteiger partial charge in [-0.05, 0) is 36.6 Å². The molecule has 0 aliphatic carbocycles. The van der Waals surface area contributed by atoms with Crippen molar-refractivity contribution >= 4 is 17.1 Å². The van der Waals surface area contributed by atoms with E-state index in [1.54, 1.807) is 0 Å². The van der Waals surface area contributed by atoms with Crippen molar-refractivity contribution in [2.24, 2.45) is 4.99 Å². The fourth-order valence-corrected chi connectivity index (χ4v) is 2.36. The van der Waals surface area contributed by atoms with Gasteiger partial charge >= 0.3 is 0 Å². The van der Waals surface area contributed by atoms with E-state index >= 15 is 0 Å². The fourth-order valence-electron chi connectivity index (χ4n) is 2.36. The molecule has 1 aliphatic heterocycles. The molecule has 1 atom stereocenters. The number of fused-ring (bicyclic) bond motifs is 1. The van der Waals surface area contributed by atoms with Crippen LogP contribution in [0.3, 0.4) is 0 Å². The number of hydrogen-bond donors (Lipinski definition) is 1. The molecular weight excluding hydrogens is 184 g/mol. The highest BCUT2D eigenvalue weighted by Crippen LogP contribution is 2.30. The molecule has 0 saturated carbocycles. The van der Waals surface area contributed by atoms with Crippen molar-refractivity contribution in [3.8, 4) is 0 Å². The average Bonchev–Trinajstić information content (AvgIpc) is 2.74. The second kappa shape index (κ2) is 3.54. The van der Waals surface area contributed by atoms with Gasteiger partial charge in [0.05, 0.1) is 0 Å². The van der Waals surface area contributed by atoms with E-state index in [4.69, 9.17) is 0 Å². The topological polar surface area (TPSA) is 28.1 Å². The summed E-state index contributed by atoms with van der Waals surface area (Å²) < 4.78 is 0. The van der Waals surface area contributed by atoms with Crippen molar-refractivity contribution in [3.05, 3.63) is 36.0 Å². The normalized spacial score (nSPS) is 20.9. The fraction of sp³-hybridized carbons (Fsp3) is 0.308. The van der Waals surface area contributed by atoms with Crippen LogP contribution in [-0.2, 0) is 0 Å². The molecular formula is C13H14N2. The van der Waals surface area contributed by atoms with Crippen molar-refractivity contribution < 1.29 is 0 Å². The van der Waals surface area contributed by atoms with Gasteiger partial charge in [-0.2, -0.15) is 0 Å². The molecule has 0 spiro atoms. The third-order valence-electron chi connectivity index (χ3n) is 3.19. The van der Waals surface area contributed by atoms with Crippen LogP contribution in [0.5, 0.6) is 0 Å². The molecule has 3 rings (SSSR count). The van der Waals surface area contributed by atoms with Crippen LogP contribution in [0.15, 0.2) is 35.5 Å². The van der Waals surface area contributed by atoms with Gasteiger partial charge in [0.15, 0.2) is 0 Å². The molecule has 0 amide bonds. The molecule has 1 aliphatic rings. The van der Waals surface area contributed by atoms with Crippen LogP contribution in [0.1, 0.15) is 24.3 Å². The van der Waals surface area contributed by atoms with Crippen LogP contribution < -0.4 is 0 Å². The summed E-state index contributed by atoms with van der Waals surface area (Å²) in [6.07, 6.45) is 6.49. The summed E-state index contributed by atoms with van der Waals surface area (Å²) in [7, 11) is 0. The summed E-state index contributed by atoms with van der Waals surface area (Å²) in [6.45, 7) is 0.976. The lowest BCUT2D eigenvalue weighted by Gasteiger charge is -2.16. The quantitative estimate of drug-likeness (QED) is 0.729. The van der Waals surface area contributed by atoms with E-state index in [1.807, 2.05) is 0 Å². The molecule has 0 fully saturated rings. The Morgan fingerprint density at radius 3 is 3.07 bits per heavy atom. The molecule has 0 radical (unpaired) electrons. The van der Waals surface area contributed by atoms with Crippen molar-refractivity contribution in [1.29, 1.82) is 0 Å². The monoisotopic (exact) mass is 198 g/mol. The highest BCUT2D eigenvalue weighted by molar-refractivity contribution is 5.84. The maximum atomic E-state index is 4.28. The summed E-state index contributed by atoms with van der Waals surface area (Å²) in [5, 5.41) is 1.37. The third-order valence-corrected chi connectivity index (χ3v) is 3.19. The zero-order valence-corrected chi connectivity index (χ0v) is 8.61. The molecule has 1 unspecified atom stereocenters. The van der Waals surface area contributed by atoms with Crippen LogP contribution in [0.2, 0.25) is 0 Å². The van der Waals surface area contributed by atoms with Crippen LogP contribution in [0.4, 0.5) is 0 Å². The Hall–Kier alpha value is -1.57. The number of rotatable bonds is 1. The molecule has 1 aromatic carbocycles. The number of nitrogens with zero attached hydrogens (tertiary/aromatic N) is 1. The second-order valence-electron chi connectivity index (χ2n) is 4.10. The average molecular weight is 198 g/mol. The number of H-pyrrole nitrogens is 1. The van der Waals surface area contributed by atoms with Gasteiger partial charge in [-0.1, -0.05) is 18.2 Å². The lowest BCUT2D eigenvalue weighted by Crippen LogP contribution is -2.05. The Labute approximate surface area is 89.0 Å². The Kier molecular flexibility index (Phi) is 2.05. The third kappa shape index (κ3) is 1.46. The van der Waals surface area contributed by atoms with E-state index in [2.05, 4.69) is 46.7 Å². The standard InChI is InChI=1S/C13H14N2/c1-2-4-13-11(3-1)12(9-15-13)10-5-7-14-8-6-10/h1-4,7,9-10,15H,5-6,8H2. The van der Waals surface area contributed by atoms with E-state index in [1.165, 1.54) is 22.9 Å². The Bertz CT molecular complexity index is 496. The molecule has 0 bridgehead atoms. The molecule has 1 aromatic heterocycles. The van der Waals surface area contributed by atoms with Crippen LogP contribution in [-0.4, -0.2) is 17.7 Å². The number of aromatic amines is 1. The van der Waals surface area contributed by atoms with Crippen LogP contribution in [0.25, 0.3) is 10.9 Å². The van der Waals surface area contributed by atoms with Gasteiger partial charge in [-0.3, -0.25) is 4.99 Å². The number of hydrogen-bond acceptors (Lipinski definition) is 1. The summed E-state index contributed by atoms with van der Waals surface area (Å²) in [4.78, 5) is 7.62. The molecule has 2 aromatic rings. The van der Waals surface area contributed by atoms with Crippen molar-refractivity contribution in [2.45, 2.75) is 18.8 Å². The van der Waals surface area contributed by atoms with Crippen LogP contribution >= 0.6 is 0 Å². The predicted octanol–water partition coefficient (Wildman–Crippen LogP) is 3.12. The molecule has 0 saturated heterocycles. The SMILES string of the molecule is C1=NCCC(c2c[nH]c3ccccc23)C1. The van der Waals surface area contributed by atoms with Gasteiger partial charge < -0.3 is 4.98 Å². The molecule has 2 nitrogen and oxygen atoms in total. The first-order valence-corrected chi connectivity index (χ1v) is 5.49. The van der Waals surface area contributed by atoms with E-state index < -0.39 is 0 Å². The number of benzene rings is 1. The highest BCUT2D eigenvalue weighted by Gasteiger charge is 2.16. The Morgan fingerprint density at radius 1 is 1.27 bits per heavy atom. The van der Waals surface area contributed by atoms with Crippen LogP contribution in [0, 0.1) is 0 Å². The van der Waals surface area contributed by atoms with Crippen molar-refractivity contribution in [2.75, 3.05) is 6.54 Å². The highest BCUT2D eigenvalue weighted by atomic mass is 14.7. The Morgan fingerprint density at radius 2 is 2.20 bits per heavy atom. The van der Waals surface area contributed by atoms with E-state index in [9.17, 15) is 0 Å². The summed E-state index contributed by atoms with van der Waals surface area (Å²) in [5.74, 6) is 0.652. The number of aromatic nitrogens is 1. The lowest BCUT2D eigenvalue weighted by molar-refractivity contribution is 0.642. The second-order valence-corrected chi connectivity index (χ2v) is 4.10. The van der Waals surface area contributed by atoms with Crippen molar-refractivity contribution in [1.82, 2.24) is 4.98 Å². The first-order valence-electron chi connectivity index (χ1n) is 5.49. The van der Waals surface area contributed by atoms with Gasteiger partial charge in [0.25, 0.3) is 0 Å². The molecule has 1 N–H and O–H groups in total. The maximum Gasteiger partial charge on any atom is 0.0456 e. The molecule has 2 heteroatoms. The van der Waals surface area contributed by atoms with E-state index in [0.717, 1.165) is 13.0 Å². The van der Waals surface area contributed by atoms with E-state index in [0.29, 0.717) is 5.92 Å². The summed E-state index contributed by atoms with van der Waals surface area (Å²) >= 11 is 0. The minimum atomic E-state index is 0.652.